The number of rotatable bonds is 9. The number of morpholine rings is 1. The Morgan fingerprint density at radius 2 is 2.03 bits per heavy atom. The number of hydrogen-bond donors (Lipinski definition) is 3. The fourth-order valence-electron chi connectivity index (χ4n) is 5.74. The van der Waals surface area contributed by atoms with E-state index in [9.17, 15) is 15.0 Å². The van der Waals surface area contributed by atoms with Crippen LogP contribution in [-0.4, -0.2) is 72.7 Å². The van der Waals surface area contributed by atoms with E-state index in [1.54, 1.807) is 12.0 Å². The minimum atomic E-state index is -1.39. The average Bonchev–Trinajstić information content (AvgIpc) is 3.23. The molecule has 37 heavy (non-hydrogen) atoms. The maximum absolute atomic E-state index is 13.4. The zero-order valence-electron chi connectivity index (χ0n) is 21.7. The van der Waals surface area contributed by atoms with Crippen LogP contribution in [0.2, 0.25) is 5.02 Å². The first kappa shape index (κ1) is 28.0. The van der Waals surface area contributed by atoms with Crippen molar-refractivity contribution in [1.29, 1.82) is 0 Å². The van der Waals surface area contributed by atoms with Gasteiger partial charge in [0.15, 0.2) is 0 Å². The first-order valence-corrected chi connectivity index (χ1v) is 13.5. The van der Waals surface area contributed by atoms with Crippen molar-refractivity contribution in [3.8, 4) is 11.1 Å². The Balaban J connectivity index is 1.68. The van der Waals surface area contributed by atoms with E-state index in [2.05, 4.69) is 6.07 Å². The van der Waals surface area contributed by atoms with Crippen molar-refractivity contribution >= 4 is 17.5 Å². The van der Waals surface area contributed by atoms with E-state index >= 15 is 0 Å². The van der Waals surface area contributed by atoms with Crippen molar-refractivity contribution in [3.63, 3.8) is 0 Å². The molecule has 0 spiro atoms. The van der Waals surface area contributed by atoms with Gasteiger partial charge in [0.25, 0.3) is 0 Å². The quantitative estimate of drug-likeness (QED) is 0.427. The molecule has 0 bridgehead atoms. The van der Waals surface area contributed by atoms with Crippen LogP contribution < -0.4 is 5.73 Å². The number of ether oxygens (including phenoxy) is 2. The van der Waals surface area contributed by atoms with Gasteiger partial charge in [-0.15, -0.1) is 0 Å². The number of aryl methyl sites for hydroxylation is 1. The second-order valence-electron chi connectivity index (χ2n) is 10.4. The predicted molar refractivity (Wildman–Crippen MR) is 144 cm³/mol. The molecule has 1 aliphatic carbocycles. The molecule has 1 saturated heterocycles. The van der Waals surface area contributed by atoms with Gasteiger partial charge in [-0.2, -0.15) is 0 Å². The molecule has 0 aromatic heterocycles. The highest BCUT2D eigenvalue weighted by Crippen LogP contribution is 2.43. The molecule has 7 nitrogen and oxygen atoms in total. The summed E-state index contributed by atoms with van der Waals surface area (Å²) >= 11 is 6.77. The Hall–Kier alpha value is -2.00. The molecule has 1 amide bonds. The highest BCUT2D eigenvalue weighted by molar-refractivity contribution is 6.33. The molecular formula is C29H39ClN2O5. The van der Waals surface area contributed by atoms with Gasteiger partial charge in [-0.25, -0.2) is 0 Å². The van der Waals surface area contributed by atoms with Crippen molar-refractivity contribution in [2.45, 2.75) is 62.9 Å². The number of nitrogens with two attached hydrogens (primary N) is 1. The third kappa shape index (κ3) is 6.19. The summed E-state index contributed by atoms with van der Waals surface area (Å²) in [4.78, 5) is 15.1. The molecular weight excluding hydrogens is 492 g/mol. The average molecular weight is 531 g/mol. The fourth-order valence-corrected chi connectivity index (χ4v) is 6.02. The minimum absolute atomic E-state index is 0.0352. The summed E-state index contributed by atoms with van der Waals surface area (Å²) < 4.78 is 11.4. The zero-order chi connectivity index (χ0) is 26.6. The van der Waals surface area contributed by atoms with E-state index in [1.807, 2.05) is 43.3 Å². The SMILES string of the molecule is COCCCC[C@](O)(c1cccc(Cl)c1-c1cccc(C)c1)C1CN(C(=O)[C@H]2C[C@@H](N)[C@@H](O)C2)CCO1. The van der Waals surface area contributed by atoms with Crippen LogP contribution in [0.25, 0.3) is 11.1 Å². The van der Waals surface area contributed by atoms with Crippen molar-refractivity contribution < 1.29 is 24.5 Å². The van der Waals surface area contributed by atoms with Crippen molar-refractivity contribution in [1.82, 2.24) is 4.90 Å². The molecule has 0 radical (unpaired) electrons. The smallest absolute Gasteiger partial charge is 0.226 e. The molecule has 5 atom stereocenters. The van der Waals surface area contributed by atoms with Gasteiger partial charge in [-0.3, -0.25) is 4.79 Å². The largest absolute Gasteiger partial charge is 0.391 e. The highest BCUT2D eigenvalue weighted by Gasteiger charge is 2.45. The molecule has 2 fully saturated rings. The van der Waals surface area contributed by atoms with Crippen molar-refractivity contribution in [2.24, 2.45) is 11.7 Å². The Kier molecular flexibility index (Phi) is 9.27. The lowest BCUT2D eigenvalue weighted by atomic mass is 9.78. The van der Waals surface area contributed by atoms with E-state index in [1.165, 1.54) is 0 Å². The molecule has 2 aromatic carbocycles. The lowest BCUT2D eigenvalue weighted by Gasteiger charge is -2.44. The lowest BCUT2D eigenvalue weighted by molar-refractivity contribution is -0.167. The number of hydrogen-bond acceptors (Lipinski definition) is 6. The van der Waals surface area contributed by atoms with Crippen LogP contribution in [-0.2, 0) is 19.9 Å². The third-order valence-electron chi connectivity index (χ3n) is 7.78. The van der Waals surface area contributed by atoms with Gasteiger partial charge in [-0.1, -0.05) is 53.6 Å². The summed E-state index contributed by atoms with van der Waals surface area (Å²) in [5, 5.41) is 23.1. The number of halogens is 1. The summed E-state index contributed by atoms with van der Waals surface area (Å²) in [6.07, 6.45) is 1.45. The monoisotopic (exact) mass is 530 g/mol. The van der Waals surface area contributed by atoms with Crippen LogP contribution in [0.1, 0.15) is 43.2 Å². The lowest BCUT2D eigenvalue weighted by Crippen LogP contribution is -2.55. The molecule has 2 aliphatic rings. The van der Waals surface area contributed by atoms with Gasteiger partial charge in [0.05, 0.1) is 19.3 Å². The maximum Gasteiger partial charge on any atom is 0.226 e. The van der Waals surface area contributed by atoms with E-state index in [0.29, 0.717) is 56.0 Å². The molecule has 8 heteroatoms. The van der Waals surface area contributed by atoms with Crippen LogP contribution in [0, 0.1) is 12.8 Å². The molecule has 4 N–H and O–H groups in total. The van der Waals surface area contributed by atoms with Gasteiger partial charge < -0.3 is 30.3 Å². The van der Waals surface area contributed by atoms with Crippen LogP contribution in [0.4, 0.5) is 0 Å². The minimum Gasteiger partial charge on any atom is -0.391 e. The van der Waals surface area contributed by atoms with Gasteiger partial charge in [0, 0.05) is 42.8 Å². The number of aliphatic hydroxyl groups is 2. The van der Waals surface area contributed by atoms with Gasteiger partial charge in [-0.05, 0) is 56.2 Å². The summed E-state index contributed by atoms with van der Waals surface area (Å²) in [5.41, 5.74) is 8.08. The first-order valence-electron chi connectivity index (χ1n) is 13.2. The number of aliphatic hydroxyl groups excluding tert-OH is 1. The second kappa shape index (κ2) is 12.2. The maximum atomic E-state index is 13.4. The topological polar surface area (TPSA) is 105 Å². The van der Waals surface area contributed by atoms with Crippen LogP contribution >= 0.6 is 11.6 Å². The van der Waals surface area contributed by atoms with Gasteiger partial charge >= 0.3 is 0 Å². The highest BCUT2D eigenvalue weighted by atomic mass is 35.5. The molecule has 1 saturated carbocycles. The van der Waals surface area contributed by atoms with Crippen LogP contribution in [0.3, 0.4) is 0 Å². The van der Waals surface area contributed by atoms with E-state index in [4.69, 9.17) is 26.8 Å². The van der Waals surface area contributed by atoms with E-state index in [-0.39, 0.29) is 24.4 Å². The van der Waals surface area contributed by atoms with E-state index in [0.717, 1.165) is 23.1 Å². The predicted octanol–water partition coefficient (Wildman–Crippen LogP) is 3.65. The van der Waals surface area contributed by atoms with Crippen molar-refractivity contribution in [3.05, 3.63) is 58.6 Å². The van der Waals surface area contributed by atoms with Crippen molar-refractivity contribution in [2.75, 3.05) is 33.4 Å². The van der Waals surface area contributed by atoms with Crippen LogP contribution in [0.15, 0.2) is 42.5 Å². The number of carbonyl (C=O) groups is 1. The molecule has 4 rings (SSSR count). The van der Waals surface area contributed by atoms with Crippen LogP contribution in [0.5, 0.6) is 0 Å². The normalized spacial score (nSPS) is 25.7. The molecule has 1 heterocycles. The van der Waals surface area contributed by atoms with Gasteiger partial charge in [0.1, 0.15) is 11.7 Å². The summed E-state index contributed by atoms with van der Waals surface area (Å²) in [7, 11) is 1.67. The number of benzene rings is 2. The molecule has 202 valence electrons. The molecule has 1 aliphatic heterocycles. The number of unbranched alkanes of at least 4 members (excludes halogenated alkanes) is 1. The molecule has 1 unspecified atom stereocenters. The summed E-state index contributed by atoms with van der Waals surface area (Å²) in [5.74, 6) is -0.348. The second-order valence-corrected chi connectivity index (χ2v) is 10.9. The zero-order valence-corrected chi connectivity index (χ0v) is 22.5. The Bertz CT molecular complexity index is 1070. The number of amides is 1. The summed E-state index contributed by atoms with van der Waals surface area (Å²) in [6.45, 7) is 3.63. The van der Waals surface area contributed by atoms with E-state index < -0.39 is 17.8 Å². The summed E-state index contributed by atoms with van der Waals surface area (Å²) in [6, 6.07) is 13.3. The standard InChI is InChI=1S/C29H39ClN2O5/c1-19-7-5-8-20(15-19)27-22(9-6-10-23(27)30)29(35,11-3-4-13-36-2)26-18-32(12-14-37-26)28(34)21-16-24(31)25(33)17-21/h5-10,15,21,24-26,33,35H,3-4,11-14,16-18,31H2,1-2H3/t21-,24+,25-,26?,29-/m0/s1. The number of carbonyl (C=O) groups excluding carboxylic acids is 1. The third-order valence-corrected chi connectivity index (χ3v) is 8.10. The Labute approximate surface area is 224 Å². The Morgan fingerprint density at radius 3 is 2.73 bits per heavy atom. The molecule has 2 aromatic rings. The Morgan fingerprint density at radius 1 is 1.24 bits per heavy atom. The fraction of sp³-hybridized carbons (Fsp3) is 0.552. The number of nitrogens with zero attached hydrogens (tertiary/aromatic N) is 1. The first-order chi connectivity index (χ1) is 17.7. The van der Waals surface area contributed by atoms with Gasteiger partial charge in [0.2, 0.25) is 5.91 Å². The number of methoxy groups -OCH3 is 1.